The fourth-order valence-corrected chi connectivity index (χ4v) is 5.18. The number of nitrogens with zero attached hydrogens (tertiary/aromatic N) is 1. The first-order valence-electron chi connectivity index (χ1n) is 14.7. The third-order valence-corrected chi connectivity index (χ3v) is 7.77. The molecule has 1 heterocycles. The Morgan fingerprint density at radius 1 is 1.00 bits per heavy atom. The zero-order chi connectivity index (χ0) is 33.4. The minimum Gasteiger partial charge on any atom is -0.363 e. The van der Waals surface area contributed by atoms with Gasteiger partial charge in [-0.3, -0.25) is 28.4 Å². The standard InChI is InChI=1S/C30H42FN5O6.CH3F/c1-16(2)22(23(37)17-10-7-6-8-11-17)34-29(42)35-25(30(3,4)5)28(41)36-13-9-12-21(36)27(40)33-20(24(38)26(32)39)15-18-14-19(18)31;1-2/h6-8,10-11,16,18-22,25H,9,12-15H2,1-5H3,(H2,32,39)(H,33,40)(H2,34,35,42);1H3. The summed E-state index contributed by atoms with van der Waals surface area (Å²) in [5.74, 6) is -4.36. The van der Waals surface area contributed by atoms with E-state index in [1.807, 2.05) is 0 Å². The average molecular weight is 622 g/mol. The van der Waals surface area contributed by atoms with E-state index in [1.54, 1.807) is 65.0 Å². The summed E-state index contributed by atoms with van der Waals surface area (Å²) in [6.07, 6.45) is -0.119. The van der Waals surface area contributed by atoms with Crippen LogP contribution < -0.4 is 21.7 Å². The number of nitrogens with one attached hydrogen (secondary N) is 3. The molecule has 6 unspecified atom stereocenters. The van der Waals surface area contributed by atoms with Crippen molar-refractivity contribution in [3.8, 4) is 0 Å². The molecule has 1 aromatic carbocycles. The lowest BCUT2D eigenvalue weighted by Gasteiger charge is -2.36. The van der Waals surface area contributed by atoms with E-state index in [4.69, 9.17) is 5.73 Å². The molecule has 0 radical (unpaired) electrons. The number of amides is 5. The molecular formula is C31H45F2N5O6. The van der Waals surface area contributed by atoms with Gasteiger partial charge in [0.25, 0.3) is 5.91 Å². The molecule has 1 saturated heterocycles. The summed E-state index contributed by atoms with van der Waals surface area (Å²) in [6, 6.07) is 3.73. The first kappa shape index (κ1) is 36.3. The first-order valence-corrected chi connectivity index (χ1v) is 14.7. The van der Waals surface area contributed by atoms with Crippen molar-refractivity contribution >= 4 is 35.3 Å². The van der Waals surface area contributed by atoms with Crippen LogP contribution >= 0.6 is 0 Å². The zero-order valence-corrected chi connectivity index (χ0v) is 26.2. The van der Waals surface area contributed by atoms with E-state index in [0.717, 1.165) is 0 Å². The van der Waals surface area contributed by atoms with Crippen LogP contribution in [0, 0.1) is 17.3 Å². The number of urea groups is 1. The Morgan fingerprint density at radius 2 is 1.59 bits per heavy atom. The van der Waals surface area contributed by atoms with E-state index < -0.39 is 71.2 Å². The summed E-state index contributed by atoms with van der Waals surface area (Å²) < 4.78 is 23.0. The molecule has 0 spiro atoms. The van der Waals surface area contributed by atoms with E-state index in [-0.39, 0.29) is 31.1 Å². The van der Waals surface area contributed by atoms with Gasteiger partial charge in [-0.2, -0.15) is 0 Å². The average Bonchev–Trinajstić information content (AvgIpc) is 3.44. The number of nitrogens with two attached hydrogens (primary N) is 1. The molecule has 1 saturated carbocycles. The van der Waals surface area contributed by atoms with Crippen molar-refractivity contribution in [2.75, 3.05) is 13.7 Å². The zero-order valence-electron chi connectivity index (χ0n) is 26.2. The molecule has 244 valence electrons. The molecule has 2 aliphatic rings. The second-order valence-corrected chi connectivity index (χ2v) is 12.6. The van der Waals surface area contributed by atoms with Gasteiger partial charge in [-0.05, 0) is 42.9 Å². The SMILES string of the molecule is CC(C)C(NC(=O)NC(C(=O)N1CCCC1C(=O)NC(CC1CC1F)C(=O)C(N)=O)C(C)(C)C)C(=O)c1ccccc1.CF. The Bertz CT molecular complexity index is 1210. The van der Waals surface area contributed by atoms with Crippen LogP contribution in [0.3, 0.4) is 0 Å². The summed E-state index contributed by atoms with van der Waals surface area (Å²) in [7, 11) is 0.500. The quantitative estimate of drug-likeness (QED) is 0.207. The third-order valence-electron chi connectivity index (χ3n) is 7.77. The molecular weight excluding hydrogens is 576 g/mol. The fourth-order valence-electron chi connectivity index (χ4n) is 5.18. The van der Waals surface area contributed by atoms with Gasteiger partial charge in [0.1, 0.15) is 18.3 Å². The fraction of sp³-hybridized carbons (Fsp3) is 0.613. The van der Waals surface area contributed by atoms with Crippen LogP contribution in [-0.2, 0) is 19.2 Å². The minimum atomic E-state index is -1.28. The summed E-state index contributed by atoms with van der Waals surface area (Å²) in [6.45, 7) is 9.14. The molecule has 11 nitrogen and oxygen atoms in total. The van der Waals surface area contributed by atoms with Gasteiger partial charge in [0.15, 0.2) is 5.78 Å². The maximum Gasteiger partial charge on any atom is 0.316 e. The number of alkyl halides is 2. The number of halogens is 2. The number of ketones is 2. The van der Waals surface area contributed by atoms with Crippen LogP contribution in [-0.4, -0.2) is 84.3 Å². The molecule has 6 atom stereocenters. The van der Waals surface area contributed by atoms with E-state index >= 15 is 0 Å². The van der Waals surface area contributed by atoms with Crippen molar-refractivity contribution in [1.82, 2.24) is 20.9 Å². The van der Waals surface area contributed by atoms with Gasteiger partial charge in [-0.1, -0.05) is 65.0 Å². The van der Waals surface area contributed by atoms with Crippen molar-refractivity contribution in [3.05, 3.63) is 35.9 Å². The molecule has 5 amide bonds. The Balaban J connectivity index is 0.00000330. The van der Waals surface area contributed by atoms with E-state index in [2.05, 4.69) is 16.0 Å². The molecule has 1 aliphatic carbocycles. The van der Waals surface area contributed by atoms with E-state index in [0.29, 0.717) is 25.6 Å². The number of carbonyl (C=O) groups is 6. The van der Waals surface area contributed by atoms with Crippen LogP contribution in [0.1, 0.15) is 70.7 Å². The Morgan fingerprint density at radius 3 is 2.09 bits per heavy atom. The van der Waals surface area contributed by atoms with Crippen molar-refractivity contribution < 1.29 is 37.5 Å². The number of carbonyl (C=O) groups excluding carboxylic acids is 6. The number of primary amides is 1. The highest BCUT2D eigenvalue weighted by molar-refractivity contribution is 6.37. The monoisotopic (exact) mass is 621 g/mol. The maximum atomic E-state index is 13.8. The van der Waals surface area contributed by atoms with Crippen LogP contribution in [0.5, 0.6) is 0 Å². The minimum absolute atomic E-state index is 0.0551. The molecule has 3 rings (SSSR count). The summed E-state index contributed by atoms with van der Waals surface area (Å²) in [5, 5.41) is 7.94. The summed E-state index contributed by atoms with van der Waals surface area (Å²) >= 11 is 0. The van der Waals surface area contributed by atoms with Gasteiger partial charge >= 0.3 is 6.03 Å². The summed E-state index contributed by atoms with van der Waals surface area (Å²) in [5.41, 5.74) is 4.82. The number of likely N-dealkylation sites (tertiary alicyclic amines) is 1. The molecule has 2 fully saturated rings. The second-order valence-electron chi connectivity index (χ2n) is 12.6. The molecule has 13 heteroatoms. The predicted octanol–water partition coefficient (Wildman–Crippen LogP) is 2.47. The van der Waals surface area contributed by atoms with Crippen LogP contribution in [0.2, 0.25) is 0 Å². The van der Waals surface area contributed by atoms with Crippen molar-refractivity contribution in [3.63, 3.8) is 0 Å². The molecule has 0 aromatic heterocycles. The lowest BCUT2D eigenvalue weighted by atomic mass is 9.85. The molecule has 44 heavy (non-hydrogen) atoms. The largest absolute Gasteiger partial charge is 0.363 e. The van der Waals surface area contributed by atoms with Gasteiger partial charge in [0.2, 0.25) is 17.6 Å². The van der Waals surface area contributed by atoms with Crippen molar-refractivity contribution in [2.45, 2.75) is 90.6 Å². The third kappa shape index (κ3) is 9.55. The maximum absolute atomic E-state index is 13.8. The Hall–Kier alpha value is -3.90. The van der Waals surface area contributed by atoms with Gasteiger partial charge in [0.05, 0.1) is 19.3 Å². The molecule has 0 bridgehead atoms. The van der Waals surface area contributed by atoms with Crippen molar-refractivity contribution in [2.24, 2.45) is 23.0 Å². The smallest absolute Gasteiger partial charge is 0.316 e. The summed E-state index contributed by atoms with van der Waals surface area (Å²) in [4.78, 5) is 78.6. The lowest BCUT2D eigenvalue weighted by Crippen LogP contribution is -2.61. The van der Waals surface area contributed by atoms with Gasteiger partial charge in [0, 0.05) is 12.1 Å². The van der Waals surface area contributed by atoms with Crippen molar-refractivity contribution in [1.29, 1.82) is 0 Å². The molecule has 1 aliphatic heterocycles. The van der Waals surface area contributed by atoms with Gasteiger partial charge in [-0.25, -0.2) is 9.18 Å². The lowest BCUT2D eigenvalue weighted by molar-refractivity contribution is -0.143. The molecule has 5 N–H and O–H groups in total. The van der Waals surface area contributed by atoms with E-state index in [1.165, 1.54) is 4.90 Å². The highest BCUT2D eigenvalue weighted by Gasteiger charge is 2.45. The number of Topliss-reactive ketones (excluding diaryl/α,β-unsaturated/α-hetero) is 2. The normalized spacial score (nSPS) is 21.2. The first-order chi connectivity index (χ1) is 20.6. The van der Waals surface area contributed by atoms with Crippen LogP contribution in [0.15, 0.2) is 30.3 Å². The number of hydrogen-bond acceptors (Lipinski definition) is 6. The number of rotatable bonds is 12. The highest BCUT2D eigenvalue weighted by Crippen LogP contribution is 2.38. The van der Waals surface area contributed by atoms with E-state index in [9.17, 15) is 37.5 Å². The van der Waals surface area contributed by atoms with Gasteiger partial charge < -0.3 is 26.6 Å². The van der Waals surface area contributed by atoms with Gasteiger partial charge in [-0.15, -0.1) is 0 Å². The number of hydrogen-bond donors (Lipinski definition) is 4. The van der Waals surface area contributed by atoms with Crippen LogP contribution in [0.4, 0.5) is 13.6 Å². The predicted molar refractivity (Wildman–Crippen MR) is 160 cm³/mol. The number of benzene rings is 1. The topological polar surface area (TPSA) is 168 Å². The second kappa shape index (κ2) is 15.7. The molecule has 1 aromatic rings. The Kier molecular flexibility index (Phi) is 13.0. The highest BCUT2D eigenvalue weighted by atomic mass is 19.1. The van der Waals surface area contributed by atoms with Crippen LogP contribution in [0.25, 0.3) is 0 Å². The Labute approximate surface area is 257 Å².